The van der Waals surface area contributed by atoms with E-state index >= 15 is 0 Å². The number of methoxy groups -OCH3 is 1. The molecule has 2 aromatic carbocycles. The molecule has 3 nitrogen and oxygen atoms in total. The van der Waals surface area contributed by atoms with E-state index in [0.29, 0.717) is 6.54 Å². The Balaban J connectivity index is 2.10. The van der Waals surface area contributed by atoms with Gasteiger partial charge in [0.25, 0.3) is 0 Å². The summed E-state index contributed by atoms with van der Waals surface area (Å²) in [4.78, 5) is 0.824. The molecule has 0 saturated carbocycles. The lowest BCUT2D eigenvalue weighted by molar-refractivity contribution is 0.410. The fraction of sp³-hybridized carbons (Fsp3) is 0.200. The van der Waals surface area contributed by atoms with Crippen molar-refractivity contribution in [2.24, 2.45) is 0 Å². The average molecular weight is 275 g/mol. The SMILES string of the molecule is COc1ccccc1CNc1cccc([S@](C)=O)c1. The van der Waals surface area contributed by atoms with Crippen molar-refractivity contribution < 1.29 is 8.95 Å². The van der Waals surface area contributed by atoms with E-state index in [-0.39, 0.29) is 0 Å². The van der Waals surface area contributed by atoms with Crippen LogP contribution in [0.3, 0.4) is 0 Å². The van der Waals surface area contributed by atoms with Crippen LogP contribution >= 0.6 is 0 Å². The van der Waals surface area contributed by atoms with Crippen LogP contribution in [0.1, 0.15) is 5.56 Å². The maximum atomic E-state index is 11.4. The first-order valence-electron chi connectivity index (χ1n) is 6.00. The zero-order valence-electron chi connectivity index (χ0n) is 11.1. The molecule has 0 saturated heterocycles. The Morgan fingerprint density at radius 3 is 2.68 bits per heavy atom. The maximum absolute atomic E-state index is 11.4. The van der Waals surface area contributed by atoms with Crippen molar-refractivity contribution in [3.63, 3.8) is 0 Å². The molecular weight excluding hydrogens is 258 g/mol. The molecule has 0 fully saturated rings. The molecule has 0 spiro atoms. The van der Waals surface area contributed by atoms with E-state index in [9.17, 15) is 4.21 Å². The fourth-order valence-electron chi connectivity index (χ4n) is 1.83. The minimum atomic E-state index is -0.958. The predicted octanol–water partition coefficient (Wildman–Crippen LogP) is 3.04. The molecule has 2 aromatic rings. The van der Waals surface area contributed by atoms with Crippen molar-refractivity contribution in [1.29, 1.82) is 0 Å². The Hall–Kier alpha value is -1.81. The van der Waals surface area contributed by atoms with Gasteiger partial charge in [-0.3, -0.25) is 4.21 Å². The van der Waals surface area contributed by atoms with E-state index in [1.54, 1.807) is 13.4 Å². The van der Waals surface area contributed by atoms with Gasteiger partial charge in [0.2, 0.25) is 0 Å². The smallest absolute Gasteiger partial charge is 0.123 e. The molecule has 0 aliphatic rings. The van der Waals surface area contributed by atoms with E-state index in [1.165, 1.54) is 0 Å². The lowest BCUT2D eigenvalue weighted by atomic mass is 10.2. The van der Waals surface area contributed by atoms with Crippen LogP contribution in [0.2, 0.25) is 0 Å². The average Bonchev–Trinajstić information content (AvgIpc) is 2.45. The molecule has 19 heavy (non-hydrogen) atoms. The monoisotopic (exact) mass is 275 g/mol. The second-order valence-corrected chi connectivity index (χ2v) is 5.53. The molecule has 1 atom stereocenters. The van der Waals surface area contributed by atoms with Crippen molar-refractivity contribution in [1.82, 2.24) is 0 Å². The van der Waals surface area contributed by atoms with E-state index in [4.69, 9.17) is 4.74 Å². The zero-order chi connectivity index (χ0) is 13.7. The van der Waals surface area contributed by atoms with Crippen LogP contribution in [-0.2, 0) is 17.3 Å². The van der Waals surface area contributed by atoms with Crippen molar-refractivity contribution >= 4 is 16.5 Å². The number of hydrogen-bond donors (Lipinski definition) is 1. The largest absolute Gasteiger partial charge is 0.496 e. The molecule has 100 valence electrons. The summed E-state index contributed by atoms with van der Waals surface area (Å²) in [6.45, 7) is 0.670. The molecule has 4 heteroatoms. The Morgan fingerprint density at radius 2 is 1.95 bits per heavy atom. The van der Waals surface area contributed by atoms with Gasteiger partial charge in [0.05, 0.1) is 7.11 Å². The fourth-order valence-corrected chi connectivity index (χ4v) is 2.39. The van der Waals surface area contributed by atoms with Gasteiger partial charge in [-0.25, -0.2) is 0 Å². The first-order chi connectivity index (χ1) is 9.20. The van der Waals surface area contributed by atoms with Crippen LogP contribution in [0.4, 0.5) is 5.69 Å². The van der Waals surface area contributed by atoms with Gasteiger partial charge >= 0.3 is 0 Å². The summed E-state index contributed by atoms with van der Waals surface area (Å²) in [6.07, 6.45) is 1.68. The number of ether oxygens (including phenoxy) is 1. The lowest BCUT2D eigenvalue weighted by Gasteiger charge is -2.11. The third-order valence-electron chi connectivity index (χ3n) is 2.84. The highest BCUT2D eigenvalue weighted by Crippen LogP contribution is 2.20. The van der Waals surface area contributed by atoms with Gasteiger partial charge in [0, 0.05) is 39.7 Å². The summed E-state index contributed by atoms with van der Waals surface area (Å²) in [5.41, 5.74) is 2.05. The van der Waals surface area contributed by atoms with Gasteiger partial charge in [-0.1, -0.05) is 24.3 Å². The van der Waals surface area contributed by atoms with Crippen LogP contribution in [-0.4, -0.2) is 17.6 Å². The first-order valence-corrected chi connectivity index (χ1v) is 7.56. The second-order valence-electron chi connectivity index (χ2n) is 4.15. The summed E-state index contributed by atoms with van der Waals surface area (Å²) < 4.78 is 16.7. The Labute approximate surface area is 116 Å². The number of para-hydroxylation sites is 1. The number of anilines is 1. The lowest BCUT2D eigenvalue weighted by Crippen LogP contribution is -2.02. The van der Waals surface area contributed by atoms with Gasteiger partial charge in [-0.05, 0) is 24.3 Å². The zero-order valence-corrected chi connectivity index (χ0v) is 11.9. The summed E-state index contributed by atoms with van der Waals surface area (Å²) >= 11 is 0. The molecule has 0 radical (unpaired) electrons. The summed E-state index contributed by atoms with van der Waals surface area (Å²) in [7, 11) is 0.708. The quantitative estimate of drug-likeness (QED) is 0.911. The van der Waals surface area contributed by atoms with Gasteiger partial charge in [0.1, 0.15) is 5.75 Å². The Kier molecular flexibility index (Phi) is 4.58. The summed E-state index contributed by atoms with van der Waals surface area (Å²) in [5, 5.41) is 3.32. The molecule has 2 rings (SSSR count). The van der Waals surface area contributed by atoms with Crippen molar-refractivity contribution in [3.8, 4) is 5.75 Å². The highest BCUT2D eigenvalue weighted by Gasteiger charge is 2.02. The molecule has 0 heterocycles. The topological polar surface area (TPSA) is 38.3 Å². The predicted molar refractivity (Wildman–Crippen MR) is 79.1 cm³/mol. The van der Waals surface area contributed by atoms with Crippen LogP contribution in [0.15, 0.2) is 53.4 Å². The van der Waals surface area contributed by atoms with Crippen LogP contribution < -0.4 is 10.1 Å². The number of hydrogen-bond acceptors (Lipinski definition) is 3. The van der Waals surface area contributed by atoms with Crippen LogP contribution in [0, 0.1) is 0 Å². The highest BCUT2D eigenvalue weighted by atomic mass is 32.2. The van der Waals surface area contributed by atoms with Crippen LogP contribution in [0.5, 0.6) is 5.75 Å². The molecule has 0 aliphatic carbocycles. The maximum Gasteiger partial charge on any atom is 0.123 e. The molecule has 1 N–H and O–H groups in total. The van der Waals surface area contributed by atoms with Gasteiger partial charge in [-0.15, -0.1) is 0 Å². The van der Waals surface area contributed by atoms with Crippen molar-refractivity contribution in [2.45, 2.75) is 11.4 Å². The van der Waals surface area contributed by atoms with Crippen LogP contribution in [0.25, 0.3) is 0 Å². The van der Waals surface area contributed by atoms with Gasteiger partial charge in [-0.2, -0.15) is 0 Å². The third kappa shape index (κ3) is 3.58. The first kappa shape index (κ1) is 13.6. The molecular formula is C15H17NO2S. The number of nitrogens with one attached hydrogen (secondary N) is 1. The minimum Gasteiger partial charge on any atom is -0.496 e. The van der Waals surface area contributed by atoms with Crippen molar-refractivity contribution in [3.05, 3.63) is 54.1 Å². The van der Waals surface area contributed by atoms with E-state index in [2.05, 4.69) is 5.32 Å². The van der Waals surface area contributed by atoms with Crippen molar-refractivity contribution in [2.75, 3.05) is 18.7 Å². The normalized spacial score (nSPS) is 11.9. The standard InChI is InChI=1S/C15H17NO2S/c1-18-15-9-4-3-6-12(15)11-16-13-7-5-8-14(10-13)19(2)17/h3-10,16H,11H2,1-2H3/t19-/m0/s1. The van der Waals surface area contributed by atoms with E-state index in [1.807, 2.05) is 48.5 Å². The summed E-state index contributed by atoms with van der Waals surface area (Å²) in [5.74, 6) is 0.866. The Morgan fingerprint density at radius 1 is 1.16 bits per heavy atom. The number of benzene rings is 2. The molecule has 0 amide bonds. The third-order valence-corrected chi connectivity index (χ3v) is 3.76. The summed E-state index contributed by atoms with van der Waals surface area (Å²) in [6, 6.07) is 15.5. The van der Waals surface area contributed by atoms with Gasteiger partial charge in [0.15, 0.2) is 0 Å². The van der Waals surface area contributed by atoms with E-state index < -0.39 is 10.8 Å². The molecule has 0 bridgehead atoms. The molecule has 0 unspecified atom stereocenters. The second kappa shape index (κ2) is 6.38. The van der Waals surface area contributed by atoms with E-state index in [0.717, 1.165) is 21.9 Å². The van der Waals surface area contributed by atoms with Gasteiger partial charge < -0.3 is 10.1 Å². The Bertz CT molecular complexity index is 584. The minimum absolute atomic E-state index is 0.670. The highest BCUT2D eigenvalue weighted by molar-refractivity contribution is 7.84. The number of rotatable bonds is 5. The molecule has 0 aromatic heterocycles. The molecule has 0 aliphatic heterocycles.